The molecule has 2 aromatic rings. The molecule has 0 saturated carbocycles. The fourth-order valence-electron chi connectivity index (χ4n) is 2.01. The van der Waals surface area contributed by atoms with Crippen molar-refractivity contribution in [3.8, 4) is 22.9 Å². The topological polar surface area (TPSA) is 43.1 Å². The van der Waals surface area contributed by atoms with Crippen LogP contribution in [0.3, 0.4) is 0 Å². The smallest absolute Gasteiger partial charge is 0.196 e. The molecule has 1 aromatic heterocycles. The number of thiazole rings is 1. The summed E-state index contributed by atoms with van der Waals surface area (Å²) in [6.07, 6.45) is 1.93. The molecule has 0 spiro atoms. The zero-order valence-electron chi connectivity index (χ0n) is 9.62. The van der Waals surface area contributed by atoms with Crippen LogP contribution < -0.4 is 0 Å². The molecule has 4 rings (SSSR count). The quantitative estimate of drug-likeness (QED) is 0.502. The van der Waals surface area contributed by atoms with Crippen LogP contribution in [0.15, 0.2) is 41.9 Å². The molecule has 0 atom stereocenters. The maximum atomic E-state index is 6.17. The first-order valence-electron chi connectivity index (χ1n) is 5.67. The molecule has 0 aliphatic carbocycles. The van der Waals surface area contributed by atoms with Crippen molar-refractivity contribution in [1.82, 2.24) is 19.4 Å². The van der Waals surface area contributed by atoms with E-state index in [-0.39, 0.29) is 0 Å². The molecule has 6 heteroatoms. The first-order valence-corrected chi connectivity index (χ1v) is 6.93. The molecule has 92 valence electrons. The third-order valence-electron chi connectivity index (χ3n) is 2.88. The number of halogens is 1. The Bertz CT molecular complexity index is 837. The van der Waals surface area contributed by atoms with Gasteiger partial charge in [-0.1, -0.05) is 41.9 Å². The predicted octanol–water partition coefficient (Wildman–Crippen LogP) is 3.61. The molecular weight excluding hydrogens is 280 g/mol. The minimum atomic E-state index is 0.395. The maximum Gasteiger partial charge on any atom is 0.196 e. The standard InChI is InChI=1S/C13H7ClN4S/c14-10-9-12(18-6-7-19-13(18)16-10)17-11(15-9)8-4-2-1-3-5-8/h1-7H. The van der Waals surface area contributed by atoms with Gasteiger partial charge in [0.15, 0.2) is 21.8 Å². The van der Waals surface area contributed by atoms with E-state index in [0.717, 1.165) is 16.3 Å². The molecule has 19 heavy (non-hydrogen) atoms. The van der Waals surface area contributed by atoms with Crippen molar-refractivity contribution >= 4 is 27.9 Å². The molecule has 0 amide bonds. The van der Waals surface area contributed by atoms with E-state index in [2.05, 4.69) is 15.0 Å². The fraction of sp³-hybridized carbons (Fsp3) is 0. The lowest BCUT2D eigenvalue weighted by atomic mass is 10.2. The van der Waals surface area contributed by atoms with Gasteiger partial charge in [-0.25, -0.2) is 15.0 Å². The number of fused-ring (bicyclic) bond motifs is 3. The monoisotopic (exact) mass is 286 g/mol. The Morgan fingerprint density at radius 2 is 1.89 bits per heavy atom. The minimum absolute atomic E-state index is 0.395. The van der Waals surface area contributed by atoms with Crippen LogP contribution in [-0.2, 0) is 0 Å². The van der Waals surface area contributed by atoms with Crippen LogP contribution in [0, 0.1) is 0 Å². The van der Waals surface area contributed by atoms with Gasteiger partial charge >= 0.3 is 0 Å². The first kappa shape index (κ1) is 10.9. The van der Waals surface area contributed by atoms with Gasteiger partial charge in [0.1, 0.15) is 5.69 Å². The number of nitrogens with zero attached hydrogens (tertiary/aromatic N) is 4. The lowest BCUT2D eigenvalue weighted by molar-refractivity contribution is 1.10. The van der Waals surface area contributed by atoms with Crippen LogP contribution in [0.1, 0.15) is 0 Å². The summed E-state index contributed by atoms with van der Waals surface area (Å²) in [5.41, 5.74) is 1.61. The average Bonchev–Trinajstić information content (AvgIpc) is 3.05. The van der Waals surface area contributed by atoms with E-state index in [1.165, 1.54) is 11.3 Å². The minimum Gasteiger partial charge on any atom is -0.274 e. The van der Waals surface area contributed by atoms with Gasteiger partial charge in [-0.05, 0) is 0 Å². The SMILES string of the molecule is Clc1nc2sccn2c2nc(-c3ccccc3)nc1-2. The Morgan fingerprint density at radius 3 is 2.74 bits per heavy atom. The van der Waals surface area contributed by atoms with E-state index in [1.54, 1.807) is 0 Å². The molecule has 2 aliphatic heterocycles. The third kappa shape index (κ3) is 1.63. The highest BCUT2D eigenvalue weighted by atomic mass is 35.5. The van der Waals surface area contributed by atoms with Gasteiger partial charge in [0, 0.05) is 17.1 Å². The molecule has 0 unspecified atom stereocenters. The van der Waals surface area contributed by atoms with E-state index in [4.69, 9.17) is 11.6 Å². The van der Waals surface area contributed by atoms with Crippen molar-refractivity contribution in [2.45, 2.75) is 0 Å². The second-order valence-electron chi connectivity index (χ2n) is 4.04. The summed E-state index contributed by atoms with van der Waals surface area (Å²) in [6.45, 7) is 0. The largest absolute Gasteiger partial charge is 0.274 e. The Balaban J connectivity index is 2.05. The molecule has 2 aliphatic rings. The summed E-state index contributed by atoms with van der Waals surface area (Å²) in [5, 5.41) is 2.35. The second-order valence-corrected chi connectivity index (χ2v) is 5.27. The number of aromatic nitrogens is 4. The van der Waals surface area contributed by atoms with Crippen LogP contribution in [0.5, 0.6) is 0 Å². The number of benzene rings is 1. The summed E-state index contributed by atoms with van der Waals surface area (Å²) < 4.78 is 1.91. The van der Waals surface area contributed by atoms with Crippen LogP contribution in [0.4, 0.5) is 0 Å². The third-order valence-corrected chi connectivity index (χ3v) is 3.90. The van der Waals surface area contributed by atoms with Gasteiger partial charge in [-0.15, -0.1) is 11.3 Å². The highest BCUT2D eigenvalue weighted by Gasteiger charge is 2.20. The molecule has 0 radical (unpaired) electrons. The molecule has 0 bridgehead atoms. The second kappa shape index (κ2) is 4.01. The van der Waals surface area contributed by atoms with E-state index < -0.39 is 0 Å². The molecular formula is C13H7ClN4S. The number of hydrogen-bond acceptors (Lipinski definition) is 4. The molecule has 4 nitrogen and oxygen atoms in total. The lowest BCUT2D eigenvalue weighted by Gasteiger charge is -2.00. The fourth-order valence-corrected chi connectivity index (χ4v) is 2.97. The van der Waals surface area contributed by atoms with Gasteiger partial charge in [-0.3, -0.25) is 4.40 Å². The van der Waals surface area contributed by atoms with Crippen LogP contribution in [0.2, 0.25) is 5.15 Å². The highest BCUT2D eigenvalue weighted by Crippen LogP contribution is 2.31. The first-order chi connectivity index (χ1) is 9.33. The highest BCUT2D eigenvalue weighted by molar-refractivity contribution is 7.15. The Hall–Kier alpha value is -1.98. The summed E-state index contributed by atoms with van der Waals surface area (Å²) in [4.78, 5) is 14.2. The van der Waals surface area contributed by atoms with Gasteiger partial charge in [0.05, 0.1) is 0 Å². The Morgan fingerprint density at radius 1 is 1.05 bits per heavy atom. The zero-order chi connectivity index (χ0) is 12.8. The lowest BCUT2D eigenvalue weighted by Crippen LogP contribution is -1.95. The summed E-state index contributed by atoms with van der Waals surface area (Å²) in [6, 6.07) is 9.84. The maximum absolute atomic E-state index is 6.17. The molecule has 0 fully saturated rings. The van der Waals surface area contributed by atoms with E-state index in [0.29, 0.717) is 16.7 Å². The van der Waals surface area contributed by atoms with Crippen molar-refractivity contribution in [2.75, 3.05) is 0 Å². The normalized spacial score (nSPS) is 11.4. The zero-order valence-corrected chi connectivity index (χ0v) is 11.2. The van der Waals surface area contributed by atoms with Crippen LogP contribution in [-0.4, -0.2) is 19.4 Å². The van der Waals surface area contributed by atoms with E-state index in [1.807, 2.05) is 46.3 Å². The van der Waals surface area contributed by atoms with Crippen molar-refractivity contribution in [1.29, 1.82) is 0 Å². The van der Waals surface area contributed by atoms with E-state index >= 15 is 0 Å². The Labute approximate surface area is 117 Å². The van der Waals surface area contributed by atoms with Crippen LogP contribution >= 0.6 is 22.9 Å². The van der Waals surface area contributed by atoms with Crippen molar-refractivity contribution in [2.24, 2.45) is 0 Å². The molecule has 3 heterocycles. The van der Waals surface area contributed by atoms with Crippen molar-refractivity contribution in [3.63, 3.8) is 0 Å². The van der Waals surface area contributed by atoms with Crippen LogP contribution in [0.25, 0.3) is 27.9 Å². The average molecular weight is 287 g/mol. The number of rotatable bonds is 1. The van der Waals surface area contributed by atoms with Gasteiger partial charge in [0.2, 0.25) is 0 Å². The summed E-state index contributed by atoms with van der Waals surface area (Å²) in [7, 11) is 0. The van der Waals surface area contributed by atoms with Crippen molar-refractivity contribution < 1.29 is 0 Å². The number of imidazole rings is 1. The summed E-state index contributed by atoms with van der Waals surface area (Å²) >= 11 is 7.69. The number of hydrogen-bond donors (Lipinski definition) is 0. The van der Waals surface area contributed by atoms with Gasteiger partial charge < -0.3 is 0 Å². The molecule has 0 saturated heterocycles. The molecule has 1 aromatic carbocycles. The molecule has 0 N–H and O–H groups in total. The summed E-state index contributed by atoms with van der Waals surface area (Å²) in [5.74, 6) is 1.42. The van der Waals surface area contributed by atoms with Gasteiger partial charge in [-0.2, -0.15) is 0 Å². The Kier molecular flexibility index (Phi) is 2.30. The van der Waals surface area contributed by atoms with Gasteiger partial charge in [0.25, 0.3) is 0 Å². The van der Waals surface area contributed by atoms with Crippen molar-refractivity contribution in [3.05, 3.63) is 47.1 Å². The predicted molar refractivity (Wildman–Crippen MR) is 75.7 cm³/mol. The van der Waals surface area contributed by atoms with E-state index in [9.17, 15) is 0 Å².